The van der Waals surface area contributed by atoms with Crippen molar-refractivity contribution >= 4 is 39.9 Å². The quantitative estimate of drug-likeness (QED) is 0.178. The molecule has 0 heterocycles. The van der Waals surface area contributed by atoms with Crippen LogP contribution in [-0.2, 0) is 20.5 Å². The number of alkyl halides is 3. The second-order valence-corrected chi connectivity index (χ2v) is 7.97. The van der Waals surface area contributed by atoms with E-state index in [0.717, 1.165) is 22.9 Å². The normalized spacial score (nSPS) is 11.9. The highest BCUT2D eigenvalue weighted by Gasteiger charge is 2.32. The van der Waals surface area contributed by atoms with Crippen molar-refractivity contribution in [2.24, 2.45) is 0 Å². The SMILES string of the molecule is CCOC(=O)CONC(C)=COc1ccc2ccc(Oc3c(Cl)cc(C(F)(F)F)cc3Cl)cc2c1. The molecule has 0 aromatic heterocycles. The molecule has 0 aliphatic rings. The van der Waals surface area contributed by atoms with Crippen LogP contribution in [0, 0.1) is 0 Å². The van der Waals surface area contributed by atoms with E-state index in [1.54, 1.807) is 44.2 Å². The van der Waals surface area contributed by atoms with E-state index in [4.69, 9.17) is 42.3 Å². The zero-order valence-corrected chi connectivity index (χ0v) is 20.1. The zero-order chi connectivity index (χ0) is 25.6. The van der Waals surface area contributed by atoms with E-state index >= 15 is 0 Å². The molecule has 0 spiro atoms. The van der Waals surface area contributed by atoms with Gasteiger partial charge < -0.3 is 14.2 Å². The molecule has 0 unspecified atom stereocenters. The van der Waals surface area contributed by atoms with Gasteiger partial charge in [0.15, 0.2) is 12.4 Å². The van der Waals surface area contributed by atoms with E-state index in [-0.39, 0.29) is 29.0 Å². The lowest BCUT2D eigenvalue weighted by atomic mass is 10.1. The molecule has 6 nitrogen and oxygen atoms in total. The topological polar surface area (TPSA) is 66.0 Å². The number of hydrogen-bond acceptors (Lipinski definition) is 6. The summed E-state index contributed by atoms with van der Waals surface area (Å²) in [6, 6.07) is 11.9. The summed E-state index contributed by atoms with van der Waals surface area (Å²) in [5.41, 5.74) is 2.09. The number of benzene rings is 3. The molecule has 0 amide bonds. The molecule has 3 aromatic rings. The standard InChI is InChI=1S/C24H20Cl2F3NO5/c1-3-32-22(31)13-34-30-14(2)12-33-18-6-4-15-5-7-19(9-16(15)8-18)35-23-20(25)10-17(11-21(23)26)24(27,28)29/h4-12,30H,3,13H2,1-2H3. The Morgan fingerprint density at radius 1 is 1.00 bits per heavy atom. The number of rotatable bonds is 9. The Hall–Kier alpha value is -3.14. The number of fused-ring (bicyclic) bond motifs is 1. The summed E-state index contributed by atoms with van der Waals surface area (Å²) in [6.45, 7) is 3.38. The van der Waals surface area contributed by atoms with E-state index < -0.39 is 17.7 Å². The second-order valence-electron chi connectivity index (χ2n) is 7.15. The third kappa shape index (κ3) is 7.42. The van der Waals surface area contributed by atoms with E-state index in [1.165, 1.54) is 6.26 Å². The van der Waals surface area contributed by atoms with Crippen molar-refractivity contribution in [2.75, 3.05) is 13.2 Å². The number of esters is 1. The Morgan fingerprint density at radius 2 is 1.63 bits per heavy atom. The first-order valence-electron chi connectivity index (χ1n) is 10.2. The van der Waals surface area contributed by atoms with Crippen molar-refractivity contribution in [3.63, 3.8) is 0 Å². The Kier molecular flexibility index (Phi) is 8.71. The van der Waals surface area contributed by atoms with Crippen LogP contribution in [0.4, 0.5) is 13.2 Å². The maximum absolute atomic E-state index is 12.9. The summed E-state index contributed by atoms with van der Waals surface area (Å²) in [7, 11) is 0. The summed E-state index contributed by atoms with van der Waals surface area (Å²) in [4.78, 5) is 16.3. The van der Waals surface area contributed by atoms with Crippen LogP contribution in [0.1, 0.15) is 19.4 Å². The van der Waals surface area contributed by atoms with Gasteiger partial charge in [-0.15, -0.1) is 0 Å². The molecule has 1 N–H and O–H groups in total. The van der Waals surface area contributed by atoms with E-state index in [0.29, 0.717) is 17.2 Å². The Morgan fingerprint density at radius 3 is 2.26 bits per heavy atom. The molecule has 3 aromatic carbocycles. The highest BCUT2D eigenvalue weighted by atomic mass is 35.5. The lowest BCUT2D eigenvalue weighted by Gasteiger charge is -2.14. The van der Waals surface area contributed by atoms with Crippen LogP contribution in [0.2, 0.25) is 10.0 Å². The molecule has 0 aliphatic carbocycles. The number of ether oxygens (including phenoxy) is 3. The molecule has 0 radical (unpaired) electrons. The number of carbonyl (C=O) groups is 1. The van der Waals surface area contributed by atoms with Crippen LogP contribution in [0.25, 0.3) is 10.8 Å². The van der Waals surface area contributed by atoms with Gasteiger partial charge in [0.2, 0.25) is 0 Å². The second kappa shape index (κ2) is 11.5. The Bertz CT molecular complexity index is 1220. The number of carbonyl (C=O) groups excluding carboxylic acids is 1. The minimum atomic E-state index is -4.58. The van der Waals surface area contributed by atoms with Gasteiger partial charge in [-0.1, -0.05) is 35.3 Å². The fraction of sp³-hybridized carbons (Fsp3) is 0.208. The van der Waals surface area contributed by atoms with Gasteiger partial charge in [0.05, 0.1) is 27.9 Å². The first-order chi connectivity index (χ1) is 16.6. The number of nitrogens with one attached hydrogen (secondary N) is 1. The Balaban J connectivity index is 1.71. The van der Waals surface area contributed by atoms with Crippen LogP contribution in [0.3, 0.4) is 0 Å². The smallest absolute Gasteiger partial charge is 0.416 e. The zero-order valence-electron chi connectivity index (χ0n) is 18.5. The highest BCUT2D eigenvalue weighted by Crippen LogP contribution is 2.42. The van der Waals surface area contributed by atoms with Gasteiger partial charge in [-0.05, 0) is 61.0 Å². The molecule has 0 fully saturated rings. The average molecular weight is 530 g/mol. The third-order valence-corrected chi connectivity index (χ3v) is 4.99. The van der Waals surface area contributed by atoms with Crippen LogP contribution < -0.4 is 15.0 Å². The van der Waals surface area contributed by atoms with Crippen molar-refractivity contribution in [3.05, 3.63) is 76.1 Å². The van der Waals surface area contributed by atoms with E-state index in [9.17, 15) is 18.0 Å². The minimum absolute atomic E-state index is 0.0828. The van der Waals surface area contributed by atoms with E-state index in [2.05, 4.69) is 5.48 Å². The van der Waals surface area contributed by atoms with Crippen LogP contribution in [0.15, 0.2) is 60.5 Å². The van der Waals surface area contributed by atoms with Crippen LogP contribution in [-0.4, -0.2) is 19.2 Å². The number of halogens is 5. The molecular formula is C24H20Cl2F3NO5. The molecule has 0 saturated heterocycles. The largest absolute Gasteiger partial charge is 0.464 e. The lowest BCUT2D eigenvalue weighted by molar-refractivity contribution is -0.150. The summed E-state index contributed by atoms with van der Waals surface area (Å²) in [5, 5.41) is 1.07. The summed E-state index contributed by atoms with van der Waals surface area (Å²) in [5.74, 6) is 0.228. The highest BCUT2D eigenvalue weighted by molar-refractivity contribution is 6.37. The van der Waals surface area contributed by atoms with Gasteiger partial charge in [-0.25, -0.2) is 4.79 Å². The number of hydroxylamine groups is 1. The molecule has 0 atom stereocenters. The average Bonchev–Trinajstić information content (AvgIpc) is 2.79. The Labute approximate surface area is 209 Å². The monoisotopic (exact) mass is 529 g/mol. The molecule has 186 valence electrons. The predicted octanol–water partition coefficient (Wildman–Crippen LogP) is 7.28. The van der Waals surface area contributed by atoms with Crippen molar-refractivity contribution in [1.82, 2.24) is 5.48 Å². The fourth-order valence-electron chi connectivity index (χ4n) is 2.87. The van der Waals surface area contributed by atoms with E-state index in [1.807, 2.05) is 6.07 Å². The lowest BCUT2D eigenvalue weighted by Crippen LogP contribution is -2.20. The summed E-state index contributed by atoms with van der Waals surface area (Å²) >= 11 is 12.0. The minimum Gasteiger partial charge on any atom is -0.464 e. The van der Waals surface area contributed by atoms with Gasteiger partial charge >= 0.3 is 12.1 Å². The molecular weight excluding hydrogens is 510 g/mol. The maximum Gasteiger partial charge on any atom is 0.416 e. The van der Waals surface area contributed by atoms with Crippen LogP contribution >= 0.6 is 23.2 Å². The molecule has 35 heavy (non-hydrogen) atoms. The van der Waals surface area contributed by atoms with Gasteiger partial charge in [-0.3, -0.25) is 10.3 Å². The number of allylic oxidation sites excluding steroid dienone is 1. The maximum atomic E-state index is 12.9. The van der Waals surface area contributed by atoms with Gasteiger partial charge in [0.1, 0.15) is 17.8 Å². The summed E-state index contributed by atoms with van der Waals surface area (Å²) < 4.78 is 54.9. The molecule has 11 heteroatoms. The van der Waals surface area contributed by atoms with Crippen molar-refractivity contribution in [3.8, 4) is 17.2 Å². The molecule has 0 bridgehead atoms. The third-order valence-electron chi connectivity index (χ3n) is 4.43. The molecule has 0 aliphatic heterocycles. The van der Waals surface area contributed by atoms with Crippen molar-refractivity contribution in [2.45, 2.75) is 20.0 Å². The van der Waals surface area contributed by atoms with Gasteiger partial charge in [0.25, 0.3) is 0 Å². The summed E-state index contributed by atoms with van der Waals surface area (Å²) in [6.07, 6.45) is -3.19. The molecule has 0 saturated carbocycles. The first kappa shape index (κ1) is 26.5. The first-order valence-corrected chi connectivity index (χ1v) is 11.0. The van der Waals surface area contributed by atoms with Crippen LogP contribution in [0.5, 0.6) is 17.2 Å². The van der Waals surface area contributed by atoms with Crippen molar-refractivity contribution in [1.29, 1.82) is 0 Å². The van der Waals surface area contributed by atoms with Gasteiger partial charge in [0, 0.05) is 0 Å². The van der Waals surface area contributed by atoms with Crippen molar-refractivity contribution < 1.29 is 37.0 Å². The predicted molar refractivity (Wildman–Crippen MR) is 126 cm³/mol. The fourth-order valence-corrected chi connectivity index (χ4v) is 3.43. The van der Waals surface area contributed by atoms with Gasteiger partial charge in [-0.2, -0.15) is 13.2 Å². The number of hydrogen-bond donors (Lipinski definition) is 1. The molecule has 3 rings (SSSR count).